The Morgan fingerprint density at radius 2 is 1.58 bits per heavy atom. The number of amides is 2. The molecular formula is C25H18ClFN2O4. The molecule has 3 aromatic carbocycles. The van der Waals surface area contributed by atoms with Crippen LogP contribution in [0, 0.1) is 5.82 Å². The predicted molar refractivity (Wildman–Crippen MR) is 123 cm³/mol. The molecule has 0 bridgehead atoms. The van der Waals surface area contributed by atoms with Gasteiger partial charge in [-0.3, -0.25) is 9.59 Å². The molecule has 4 rings (SSSR count). The molecule has 0 atom stereocenters. The van der Waals surface area contributed by atoms with Gasteiger partial charge in [0.25, 0.3) is 11.8 Å². The molecule has 166 valence electrons. The van der Waals surface area contributed by atoms with E-state index in [0.717, 1.165) is 29.0 Å². The average Bonchev–Trinajstić information content (AvgIpc) is 3.04. The summed E-state index contributed by atoms with van der Waals surface area (Å²) in [4.78, 5) is 38.5. The summed E-state index contributed by atoms with van der Waals surface area (Å²) in [5.41, 5.74) is 1.97. The Morgan fingerprint density at radius 3 is 2.18 bits per heavy atom. The Labute approximate surface area is 194 Å². The summed E-state index contributed by atoms with van der Waals surface area (Å²) in [6, 6.07) is 18.3. The molecule has 0 unspecified atom stereocenters. The van der Waals surface area contributed by atoms with E-state index >= 15 is 0 Å². The van der Waals surface area contributed by atoms with Crippen LogP contribution >= 0.6 is 11.6 Å². The average molecular weight is 465 g/mol. The van der Waals surface area contributed by atoms with E-state index in [0.29, 0.717) is 17.0 Å². The summed E-state index contributed by atoms with van der Waals surface area (Å²) >= 11 is 6.10. The number of anilines is 2. The molecule has 0 saturated carbocycles. The van der Waals surface area contributed by atoms with Crippen molar-refractivity contribution in [1.82, 2.24) is 0 Å². The molecule has 0 fully saturated rings. The van der Waals surface area contributed by atoms with Gasteiger partial charge in [-0.2, -0.15) is 0 Å². The fourth-order valence-corrected chi connectivity index (χ4v) is 3.44. The monoisotopic (exact) mass is 464 g/mol. The number of halogens is 2. The molecule has 1 N–H and O–H groups in total. The number of nitrogens with zero attached hydrogens (tertiary/aromatic N) is 1. The van der Waals surface area contributed by atoms with Gasteiger partial charge < -0.3 is 10.1 Å². The van der Waals surface area contributed by atoms with Crippen molar-refractivity contribution < 1.29 is 23.5 Å². The fourth-order valence-electron chi connectivity index (χ4n) is 3.23. The second-order valence-corrected chi connectivity index (χ2v) is 7.58. The highest BCUT2D eigenvalue weighted by Gasteiger charge is 2.38. The lowest BCUT2D eigenvalue weighted by Gasteiger charge is -2.15. The van der Waals surface area contributed by atoms with Crippen molar-refractivity contribution in [2.24, 2.45) is 0 Å². The van der Waals surface area contributed by atoms with Crippen LogP contribution in [-0.2, 0) is 16.0 Å². The zero-order valence-electron chi connectivity index (χ0n) is 17.5. The van der Waals surface area contributed by atoms with Gasteiger partial charge in [-0.05, 0) is 72.6 Å². The van der Waals surface area contributed by atoms with Crippen LogP contribution in [0.2, 0.25) is 0 Å². The molecule has 0 saturated heterocycles. The number of imide groups is 1. The standard InChI is InChI=1S/C25H18ClFN2O4/c1-2-15-3-13-20(14-4-15)33-25(32)16-5-9-18(10-6-16)28-22-21(26)23(30)29(24(22)31)19-11-7-17(27)8-12-19/h3-14,28H,2H2,1H3. The second-order valence-electron chi connectivity index (χ2n) is 7.20. The Bertz CT molecular complexity index is 1250. The number of esters is 1. The summed E-state index contributed by atoms with van der Waals surface area (Å²) in [5.74, 6) is -1.97. The highest BCUT2D eigenvalue weighted by molar-refractivity contribution is 6.53. The van der Waals surface area contributed by atoms with Crippen molar-refractivity contribution in [3.8, 4) is 5.75 Å². The van der Waals surface area contributed by atoms with Crippen molar-refractivity contribution in [2.75, 3.05) is 10.2 Å². The van der Waals surface area contributed by atoms with Gasteiger partial charge in [0, 0.05) is 5.69 Å². The van der Waals surface area contributed by atoms with E-state index in [-0.39, 0.29) is 16.4 Å². The van der Waals surface area contributed by atoms with Crippen molar-refractivity contribution >= 4 is 40.8 Å². The molecule has 0 radical (unpaired) electrons. The normalized spacial score (nSPS) is 13.5. The van der Waals surface area contributed by atoms with Gasteiger partial charge in [0.05, 0.1) is 11.3 Å². The summed E-state index contributed by atoms with van der Waals surface area (Å²) in [7, 11) is 0. The van der Waals surface area contributed by atoms with E-state index in [4.69, 9.17) is 16.3 Å². The molecule has 3 aromatic rings. The molecule has 8 heteroatoms. The minimum Gasteiger partial charge on any atom is -0.423 e. The summed E-state index contributed by atoms with van der Waals surface area (Å²) < 4.78 is 18.6. The molecule has 0 aliphatic carbocycles. The van der Waals surface area contributed by atoms with Crippen LogP contribution in [0.3, 0.4) is 0 Å². The van der Waals surface area contributed by atoms with E-state index in [2.05, 4.69) is 5.32 Å². The Hall–Kier alpha value is -3.97. The van der Waals surface area contributed by atoms with E-state index in [1.165, 1.54) is 24.3 Å². The summed E-state index contributed by atoms with van der Waals surface area (Å²) in [6.07, 6.45) is 0.888. The SMILES string of the molecule is CCc1ccc(OC(=O)c2ccc(NC3=C(Cl)C(=O)N(c4ccc(F)cc4)C3=O)cc2)cc1. The molecule has 0 spiro atoms. The van der Waals surface area contributed by atoms with Gasteiger partial charge in [0.1, 0.15) is 22.3 Å². The van der Waals surface area contributed by atoms with Crippen LogP contribution in [0.4, 0.5) is 15.8 Å². The van der Waals surface area contributed by atoms with Gasteiger partial charge in [-0.1, -0.05) is 30.7 Å². The summed E-state index contributed by atoms with van der Waals surface area (Å²) in [5, 5.41) is 2.53. The number of carbonyl (C=O) groups is 3. The highest BCUT2D eigenvalue weighted by Crippen LogP contribution is 2.30. The highest BCUT2D eigenvalue weighted by atomic mass is 35.5. The van der Waals surface area contributed by atoms with Crippen LogP contribution in [0.1, 0.15) is 22.8 Å². The third-order valence-electron chi connectivity index (χ3n) is 5.04. The quantitative estimate of drug-likeness (QED) is 0.314. The lowest BCUT2D eigenvalue weighted by atomic mass is 10.1. The van der Waals surface area contributed by atoms with Gasteiger partial charge in [0.2, 0.25) is 0 Å². The second kappa shape index (κ2) is 9.26. The molecule has 1 aliphatic rings. The lowest BCUT2D eigenvalue weighted by Crippen LogP contribution is -2.32. The summed E-state index contributed by atoms with van der Waals surface area (Å²) in [6.45, 7) is 2.04. The number of hydrogen-bond donors (Lipinski definition) is 1. The van der Waals surface area contributed by atoms with Crippen molar-refractivity contribution in [3.63, 3.8) is 0 Å². The fraction of sp³-hybridized carbons (Fsp3) is 0.0800. The van der Waals surface area contributed by atoms with Crippen LogP contribution in [0.25, 0.3) is 0 Å². The van der Waals surface area contributed by atoms with Crippen molar-refractivity contribution in [3.05, 3.63) is 100 Å². The van der Waals surface area contributed by atoms with E-state index in [1.807, 2.05) is 19.1 Å². The van der Waals surface area contributed by atoms with Gasteiger partial charge in [0.15, 0.2) is 0 Å². The smallest absolute Gasteiger partial charge is 0.343 e. The Kier molecular flexibility index (Phi) is 6.24. The first kappa shape index (κ1) is 22.2. The first-order valence-electron chi connectivity index (χ1n) is 10.1. The van der Waals surface area contributed by atoms with Crippen molar-refractivity contribution in [2.45, 2.75) is 13.3 Å². The van der Waals surface area contributed by atoms with Crippen LogP contribution in [-0.4, -0.2) is 17.8 Å². The first-order chi connectivity index (χ1) is 15.9. The van der Waals surface area contributed by atoms with Crippen LogP contribution < -0.4 is 15.0 Å². The molecule has 2 amide bonds. The number of hydrogen-bond acceptors (Lipinski definition) is 5. The third-order valence-corrected chi connectivity index (χ3v) is 5.39. The molecule has 33 heavy (non-hydrogen) atoms. The largest absolute Gasteiger partial charge is 0.423 e. The number of aryl methyl sites for hydroxylation is 1. The van der Waals surface area contributed by atoms with E-state index in [9.17, 15) is 18.8 Å². The Balaban J connectivity index is 1.45. The van der Waals surface area contributed by atoms with E-state index < -0.39 is 23.6 Å². The maximum absolute atomic E-state index is 13.2. The van der Waals surface area contributed by atoms with Crippen LogP contribution in [0.5, 0.6) is 5.75 Å². The molecular weight excluding hydrogens is 447 g/mol. The van der Waals surface area contributed by atoms with Gasteiger partial charge >= 0.3 is 5.97 Å². The molecule has 0 aromatic heterocycles. The number of carbonyl (C=O) groups excluding carboxylic acids is 3. The zero-order valence-corrected chi connectivity index (χ0v) is 18.2. The van der Waals surface area contributed by atoms with Crippen LogP contribution in [0.15, 0.2) is 83.5 Å². The predicted octanol–water partition coefficient (Wildman–Crippen LogP) is 5.04. The molecule has 1 aliphatic heterocycles. The van der Waals surface area contributed by atoms with Gasteiger partial charge in [-0.15, -0.1) is 0 Å². The van der Waals surface area contributed by atoms with E-state index in [1.54, 1.807) is 24.3 Å². The zero-order chi connectivity index (χ0) is 23.5. The molecule has 1 heterocycles. The topological polar surface area (TPSA) is 75.7 Å². The minimum absolute atomic E-state index is 0.114. The first-order valence-corrected chi connectivity index (χ1v) is 10.5. The number of ether oxygens (including phenoxy) is 1. The lowest BCUT2D eigenvalue weighted by molar-refractivity contribution is -0.120. The van der Waals surface area contributed by atoms with Gasteiger partial charge in [-0.25, -0.2) is 14.1 Å². The maximum Gasteiger partial charge on any atom is 0.343 e. The number of benzene rings is 3. The minimum atomic E-state index is -0.718. The third kappa shape index (κ3) is 4.63. The number of rotatable bonds is 6. The van der Waals surface area contributed by atoms with Crippen molar-refractivity contribution in [1.29, 1.82) is 0 Å². The Morgan fingerprint density at radius 1 is 0.939 bits per heavy atom. The maximum atomic E-state index is 13.2. The molecule has 6 nitrogen and oxygen atoms in total. The number of nitrogens with one attached hydrogen (secondary N) is 1.